The molecule has 0 saturated heterocycles. The van der Waals surface area contributed by atoms with Crippen molar-refractivity contribution in [2.45, 2.75) is 71.4 Å². The summed E-state index contributed by atoms with van der Waals surface area (Å²) >= 11 is 0. The van der Waals surface area contributed by atoms with E-state index >= 15 is 0 Å². The van der Waals surface area contributed by atoms with Gasteiger partial charge in [-0.3, -0.25) is 4.79 Å². The van der Waals surface area contributed by atoms with Gasteiger partial charge in [0.1, 0.15) is 11.4 Å². The topological polar surface area (TPSA) is 67.4 Å². The summed E-state index contributed by atoms with van der Waals surface area (Å²) in [5, 5.41) is 5.53. The van der Waals surface area contributed by atoms with Gasteiger partial charge in [-0.1, -0.05) is 32.0 Å². The molecule has 0 spiro atoms. The van der Waals surface area contributed by atoms with E-state index in [0.29, 0.717) is 5.56 Å². The fourth-order valence-electron chi connectivity index (χ4n) is 2.51. The molecule has 6 heteroatoms. The third-order valence-electron chi connectivity index (χ3n) is 3.77. The molecular weight excluding hydrogens is 335 g/mol. The first-order valence-electron chi connectivity index (χ1n) is 8.75. The lowest BCUT2D eigenvalue weighted by Crippen LogP contribution is -2.49. The van der Waals surface area contributed by atoms with Crippen LogP contribution in [-0.2, 0) is 14.9 Å². The Morgan fingerprint density at radius 2 is 1.62 bits per heavy atom. The smallest absolute Gasteiger partial charge is 0.408 e. The summed E-state index contributed by atoms with van der Waals surface area (Å²) in [4.78, 5) is 24.2. The highest BCUT2D eigenvalue weighted by Gasteiger charge is 2.29. The molecule has 1 aromatic carbocycles. The Hall–Kier alpha value is -2.11. The number of alkyl carbamates (subject to hydrolysis) is 1. The summed E-state index contributed by atoms with van der Waals surface area (Å²) in [5.74, 6) is -0.519. The second kappa shape index (κ2) is 8.06. The Kier molecular flexibility index (Phi) is 6.80. The predicted molar refractivity (Wildman–Crippen MR) is 101 cm³/mol. The highest BCUT2D eigenvalue weighted by atomic mass is 19.1. The summed E-state index contributed by atoms with van der Waals surface area (Å²) in [6.45, 7) is 12.9. The van der Waals surface area contributed by atoms with Crippen LogP contribution in [-0.4, -0.2) is 29.7 Å². The zero-order valence-electron chi connectivity index (χ0n) is 16.8. The van der Waals surface area contributed by atoms with Crippen molar-refractivity contribution in [1.29, 1.82) is 0 Å². The van der Waals surface area contributed by atoms with Crippen LogP contribution >= 0.6 is 0 Å². The number of carbonyl (C=O) groups excluding carboxylic acids is 2. The van der Waals surface area contributed by atoms with Crippen LogP contribution in [0.15, 0.2) is 24.3 Å². The van der Waals surface area contributed by atoms with Crippen LogP contribution in [0.25, 0.3) is 0 Å². The van der Waals surface area contributed by atoms with Gasteiger partial charge in [0.05, 0.1) is 0 Å². The Balaban J connectivity index is 2.60. The highest BCUT2D eigenvalue weighted by Crippen LogP contribution is 2.25. The van der Waals surface area contributed by atoms with Crippen molar-refractivity contribution in [2.75, 3.05) is 6.54 Å². The van der Waals surface area contributed by atoms with Crippen molar-refractivity contribution in [3.05, 3.63) is 35.6 Å². The van der Waals surface area contributed by atoms with Crippen molar-refractivity contribution in [3.63, 3.8) is 0 Å². The summed E-state index contributed by atoms with van der Waals surface area (Å²) in [7, 11) is 0. The van der Waals surface area contributed by atoms with Gasteiger partial charge in [0.2, 0.25) is 5.91 Å². The van der Waals surface area contributed by atoms with Crippen molar-refractivity contribution in [2.24, 2.45) is 0 Å². The molecule has 1 rings (SSSR count). The van der Waals surface area contributed by atoms with Gasteiger partial charge in [-0.05, 0) is 46.2 Å². The molecule has 0 aliphatic carbocycles. The minimum absolute atomic E-state index is 0.0829. The molecule has 0 bridgehead atoms. The van der Waals surface area contributed by atoms with E-state index in [2.05, 4.69) is 10.6 Å². The molecule has 2 N–H and O–H groups in total. The van der Waals surface area contributed by atoms with E-state index in [-0.39, 0.29) is 24.7 Å². The largest absolute Gasteiger partial charge is 0.444 e. The van der Waals surface area contributed by atoms with E-state index in [0.717, 1.165) is 0 Å². The number of carbonyl (C=O) groups is 2. The van der Waals surface area contributed by atoms with Crippen molar-refractivity contribution in [3.8, 4) is 0 Å². The number of ether oxygens (including phenoxy) is 1. The van der Waals surface area contributed by atoms with E-state index in [4.69, 9.17) is 4.74 Å². The van der Waals surface area contributed by atoms with Gasteiger partial charge >= 0.3 is 6.09 Å². The Morgan fingerprint density at radius 1 is 1.04 bits per heavy atom. The number of rotatable bonds is 6. The van der Waals surface area contributed by atoms with E-state index < -0.39 is 22.6 Å². The number of amides is 2. The molecule has 0 radical (unpaired) electrons. The van der Waals surface area contributed by atoms with Crippen LogP contribution in [0.4, 0.5) is 9.18 Å². The van der Waals surface area contributed by atoms with Crippen molar-refractivity contribution >= 4 is 12.0 Å². The second-order valence-corrected chi connectivity index (χ2v) is 8.83. The third-order valence-corrected chi connectivity index (χ3v) is 3.77. The molecule has 2 amide bonds. The summed E-state index contributed by atoms with van der Waals surface area (Å²) < 4.78 is 19.2. The quantitative estimate of drug-likeness (QED) is 0.802. The number of hydrogen-bond donors (Lipinski definition) is 2. The molecule has 0 unspecified atom stereocenters. The lowest BCUT2D eigenvalue weighted by atomic mass is 9.84. The Bertz CT molecular complexity index is 649. The van der Waals surface area contributed by atoms with Crippen LogP contribution in [0.3, 0.4) is 0 Å². The maximum atomic E-state index is 14.0. The second-order valence-electron chi connectivity index (χ2n) is 8.83. The Labute approximate surface area is 155 Å². The standard InChI is InChI=1S/C20H31FN2O3/c1-18(2,3)26-17(25)23-20(6,7)12-16(24)22-13-19(4,5)14-10-8-9-11-15(14)21/h8-11H,12-13H2,1-7H3,(H,22,24)(H,23,25). The predicted octanol–water partition coefficient (Wildman–Crippen LogP) is 3.91. The normalized spacial score (nSPS) is 12.5. The number of hydrogen-bond acceptors (Lipinski definition) is 3. The summed E-state index contributed by atoms with van der Waals surface area (Å²) in [6, 6.07) is 6.54. The summed E-state index contributed by atoms with van der Waals surface area (Å²) in [6.07, 6.45) is -0.485. The first-order chi connectivity index (χ1) is 11.7. The first kappa shape index (κ1) is 21.9. The molecule has 1 aromatic rings. The van der Waals surface area contributed by atoms with Crippen molar-refractivity contribution in [1.82, 2.24) is 10.6 Å². The van der Waals surface area contributed by atoms with Crippen LogP contribution in [0.2, 0.25) is 0 Å². The fraction of sp³-hybridized carbons (Fsp3) is 0.600. The molecular formula is C20H31FN2O3. The molecule has 0 aliphatic heterocycles. The van der Waals surface area contributed by atoms with Gasteiger partial charge in [-0.25, -0.2) is 9.18 Å². The molecule has 0 fully saturated rings. The minimum Gasteiger partial charge on any atom is -0.444 e. The average molecular weight is 366 g/mol. The molecule has 0 heterocycles. The first-order valence-corrected chi connectivity index (χ1v) is 8.75. The van der Waals surface area contributed by atoms with Crippen LogP contribution in [0.5, 0.6) is 0 Å². The Morgan fingerprint density at radius 3 is 2.15 bits per heavy atom. The SMILES string of the molecule is CC(C)(CC(=O)NCC(C)(C)c1ccccc1F)NC(=O)OC(C)(C)C. The molecule has 0 saturated carbocycles. The van der Waals surface area contributed by atoms with Gasteiger partial charge in [0, 0.05) is 23.9 Å². The zero-order valence-corrected chi connectivity index (χ0v) is 16.8. The fourth-order valence-corrected chi connectivity index (χ4v) is 2.51. The number of nitrogens with one attached hydrogen (secondary N) is 2. The van der Waals surface area contributed by atoms with E-state index in [9.17, 15) is 14.0 Å². The van der Waals surface area contributed by atoms with E-state index in [1.54, 1.807) is 52.8 Å². The van der Waals surface area contributed by atoms with E-state index in [1.807, 2.05) is 13.8 Å². The van der Waals surface area contributed by atoms with Crippen LogP contribution in [0.1, 0.15) is 60.5 Å². The molecule has 146 valence electrons. The van der Waals surface area contributed by atoms with Crippen molar-refractivity contribution < 1.29 is 18.7 Å². The number of benzene rings is 1. The number of halogens is 1. The van der Waals surface area contributed by atoms with Gasteiger partial charge in [-0.2, -0.15) is 0 Å². The third kappa shape index (κ3) is 7.42. The lowest BCUT2D eigenvalue weighted by molar-refractivity contribution is -0.122. The van der Waals surface area contributed by atoms with Gasteiger partial charge in [0.25, 0.3) is 0 Å². The van der Waals surface area contributed by atoms with Gasteiger partial charge in [-0.15, -0.1) is 0 Å². The van der Waals surface area contributed by atoms with E-state index in [1.165, 1.54) is 6.07 Å². The van der Waals surface area contributed by atoms with Gasteiger partial charge < -0.3 is 15.4 Å². The van der Waals surface area contributed by atoms with Gasteiger partial charge in [0.15, 0.2) is 0 Å². The summed E-state index contributed by atoms with van der Waals surface area (Å²) in [5.41, 5.74) is -1.38. The maximum Gasteiger partial charge on any atom is 0.408 e. The molecule has 26 heavy (non-hydrogen) atoms. The lowest BCUT2D eigenvalue weighted by Gasteiger charge is -2.30. The highest BCUT2D eigenvalue weighted by molar-refractivity contribution is 5.78. The molecule has 0 aliphatic rings. The van der Waals surface area contributed by atoms with Crippen LogP contribution in [0, 0.1) is 5.82 Å². The average Bonchev–Trinajstić information content (AvgIpc) is 2.42. The molecule has 0 atom stereocenters. The zero-order chi connectivity index (χ0) is 20.2. The monoisotopic (exact) mass is 366 g/mol. The van der Waals surface area contributed by atoms with Crippen LogP contribution < -0.4 is 10.6 Å². The maximum absolute atomic E-state index is 14.0. The molecule has 0 aromatic heterocycles. The minimum atomic E-state index is -0.769. The molecule has 5 nitrogen and oxygen atoms in total.